The second-order valence-corrected chi connectivity index (χ2v) is 4.52. The molecule has 0 bridgehead atoms. The fourth-order valence-electron chi connectivity index (χ4n) is 0.272. The Morgan fingerprint density at radius 3 is 1.19 bits per heavy atom. The van der Waals surface area contributed by atoms with Gasteiger partial charge in [-0.1, -0.05) is 59.8 Å². The summed E-state index contributed by atoms with van der Waals surface area (Å²) in [5, 5.41) is 0. The average molecular weight is 224 g/mol. The molecule has 0 nitrogen and oxygen atoms in total. The summed E-state index contributed by atoms with van der Waals surface area (Å²) in [7, 11) is 0. The van der Waals surface area contributed by atoms with Crippen LogP contribution in [0.15, 0.2) is 38.0 Å². The maximum atomic E-state index is 3.68. The molecule has 0 aromatic carbocycles. The maximum Gasteiger partial charge on any atom is -0.0242 e. The van der Waals surface area contributed by atoms with E-state index in [1.54, 1.807) is 0 Å². The second kappa shape index (κ2) is 16.6. The van der Waals surface area contributed by atoms with Crippen molar-refractivity contribution in [2.24, 2.45) is 17.8 Å². The molecule has 0 aromatic heterocycles. The molecule has 0 heterocycles. The van der Waals surface area contributed by atoms with Crippen molar-refractivity contribution in [2.45, 2.75) is 48.0 Å². The van der Waals surface area contributed by atoms with Crippen molar-refractivity contribution < 1.29 is 0 Å². The lowest BCUT2D eigenvalue weighted by Gasteiger charge is -2.07. The number of allylic oxidation sites excluding steroid dienone is 3. The van der Waals surface area contributed by atoms with E-state index in [1.165, 1.54) is 0 Å². The zero-order valence-electron chi connectivity index (χ0n) is 12.3. The molecule has 0 spiro atoms. The van der Waals surface area contributed by atoms with Gasteiger partial charge in [0.05, 0.1) is 0 Å². The lowest BCUT2D eigenvalue weighted by Crippen LogP contribution is -1.97. The highest BCUT2D eigenvalue weighted by Crippen LogP contribution is 2.08. The van der Waals surface area contributed by atoms with Gasteiger partial charge in [0.15, 0.2) is 0 Å². The SMILES string of the molecule is C=CC(C)C.C=CCC.C=C[C@@H](C)C(C)C. The van der Waals surface area contributed by atoms with E-state index in [2.05, 4.69) is 61.3 Å². The van der Waals surface area contributed by atoms with Crippen LogP contribution in [0.25, 0.3) is 0 Å². The van der Waals surface area contributed by atoms with Crippen LogP contribution in [0.4, 0.5) is 0 Å². The van der Waals surface area contributed by atoms with Gasteiger partial charge in [0.1, 0.15) is 0 Å². The zero-order valence-corrected chi connectivity index (χ0v) is 12.3. The fraction of sp³-hybridized carbons (Fsp3) is 0.625. The number of hydrogen-bond donors (Lipinski definition) is 0. The predicted octanol–water partition coefficient (Wildman–Crippen LogP) is 5.88. The smallest absolute Gasteiger partial charge is 0.0242 e. The molecule has 0 heteroatoms. The number of rotatable bonds is 4. The van der Waals surface area contributed by atoms with Gasteiger partial charge in [-0.3, -0.25) is 0 Å². The van der Waals surface area contributed by atoms with Gasteiger partial charge in [-0.25, -0.2) is 0 Å². The summed E-state index contributed by atoms with van der Waals surface area (Å²) in [6.07, 6.45) is 6.87. The highest BCUT2D eigenvalue weighted by Gasteiger charge is 1.98. The molecule has 0 saturated carbocycles. The van der Waals surface area contributed by atoms with Gasteiger partial charge in [0, 0.05) is 0 Å². The molecule has 16 heavy (non-hydrogen) atoms. The molecule has 0 aliphatic heterocycles. The van der Waals surface area contributed by atoms with Crippen LogP contribution in [-0.2, 0) is 0 Å². The van der Waals surface area contributed by atoms with Crippen LogP contribution < -0.4 is 0 Å². The molecule has 0 fully saturated rings. The summed E-state index contributed by atoms with van der Waals surface area (Å²) in [6, 6.07) is 0. The summed E-state index contributed by atoms with van der Waals surface area (Å²) in [6.45, 7) is 23.6. The summed E-state index contributed by atoms with van der Waals surface area (Å²) in [5.74, 6) is 2.06. The van der Waals surface area contributed by atoms with Gasteiger partial charge < -0.3 is 0 Å². The average Bonchev–Trinajstić information content (AvgIpc) is 2.28. The second-order valence-electron chi connectivity index (χ2n) is 4.52. The van der Waals surface area contributed by atoms with Gasteiger partial charge in [-0.15, -0.1) is 19.7 Å². The van der Waals surface area contributed by atoms with E-state index < -0.39 is 0 Å². The molecule has 0 rings (SSSR count). The van der Waals surface area contributed by atoms with Crippen molar-refractivity contribution in [3.05, 3.63) is 38.0 Å². The van der Waals surface area contributed by atoms with Crippen LogP contribution >= 0.6 is 0 Å². The van der Waals surface area contributed by atoms with E-state index in [4.69, 9.17) is 0 Å². The first-order chi connectivity index (χ1) is 7.37. The molecular weight excluding hydrogens is 192 g/mol. The van der Waals surface area contributed by atoms with Crippen molar-refractivity contribution in [1.29, 1.82) is 0 Å². The predicted molar refractivity (Wildman–Crippen MR) is 79.7 cm³/mol. The molecule has 0 saturated heterocycles. The van der Waals surface area contributed by atoms with E-state index in [1.807, 2.05) is 18.2 Å². The Bertz CT molecular complexity index is 151. The Kier molecular flexibility index (Phi) is 21.4. The van der Waals surface area contributed by atoms with E-state index in [-0.39, 0.29) is 0 Å². The van der Waals surface area contributed by atoms with Crippen LogP contribution in [0, 0.1) is 17.8 Å². The highest BCUT2D eigenvalue weighted by molar-refractivity contribution is 4.76. The maximum absolute atomic E-state index is 3.68. The molecule has 96 valence electrons. The van der Waals surface area contributed by atoms with E-state index in [9.17, 15) is 0 Å². The van der Waals surface area contributed by atoms with Gasteiger partial charge in [-0.2, -0.15) is 0 Å². The summed E-state index contributed by atoms with van der Waals surface area (Å²) in [5.41, 5.74) is 0. The summed E-state index contributed by atoms with van der Waals surface area (Å²) >= 11 is 0. The molecule has 1 atom stereocenters. The Labute approximate surface area is 104 Å². The minimum absolute atomic E-state index is 0.648. The van der Waals surface area contributed by atoms with Crippen molar-refractivity contribution in [3.8, 4) is 0 Å². The van der Waals surface area contributed by atoms with Crippen molar-refractivity contribution >= 4 is 0 Å². The summed E-state index contributed by atoms with van der Waals surface area (Å²) in [4.78, 5) is 0. The Balaban J connectivity index is -0.000000166. The molecule has 0 N–H and O–H groups in total. The fourth-order valence-corrected chi connectivity index (χ4v) is 0.272. The molecule has 0 aromatic rings. The lowest BCUT2D eigenvalue weighted by molar-refractivity contribution is 0.505. The van der Waals surface area contributed by atoms with Crippen molar-refractivity contribution in [1.82, 2.24) is 0 Å². The Morgan fingerprint density at radius 2 is 1.19 bits per heavy atom. The van der Waals surface area contributed by atoms with Crippen LogP contribution in [0.1, 0.15) is 48.0 Å². The first-order valence-corrected chi connectivity index (χ1v) is 6.23. The molecule has 0 aliphatic carbocycles. The molecular formula is C16H32. The van der Waals surface area contributed by atoms with Gasteiger partial charge >= 0.3 is 0 Å². The van der Waals surface area contributed by atoms with Gasteiger partial charge in [0.2, 0.25) is 0 Å². The minimum Gasteiger partial charge on any atom is -0.103 e. The van der Waals surface area contributed by atoms with Gasteiger partial charge in [-0.05, 0) is 24.2 Å². The van der Waals surface area contributed by atoms with Crippen LogP contribution in [0.5, 0.6) is 0 Å². The van der Waals surface area contributed by atoms with E-state index in [0.717, 1.165) is 12.3 Å². The minimum atomic E-state index is 0.648. The quantitative estimate of drug-likeness (QED) is 0.523. The molecule has 0 aliphatic rings. The first-order valence-electron chi connectivity index (χ1n) is 6.23. The third kappa shape index (κ3) is 29.2. The molecule has 0 amide bonds. The molecule has 0 unspecified atom stereocenters. The van der Waals surface area contributed by atoms with Crippen LogP contribution in [0.2, 0.25) is 0 Å². The number of hydrogen-bond acceptors (Lipinski definition) is 0. The monoisotopic (exact) mass is 224 g/mol. The van der Waals surface area contributed by atoms with Crippen LogP contribution in [0.3, 0.4) is 0 Å². The highest BCUT2D eigenvalue weighted by atomic mass is 14.0. The Hall–Kier alpha value is -0.780. The van der Waals surface area contributed by atoms with Gasteiger partial charge in [0.25, 0.3) is 0 Å². The third-order valence-corrected chi connectivity index (χ3v) is 2.18. The van der Waals surface area contributed by atoms with E-state index >= 15 is 0 Å². The van der Waals surface area contributed by atoms with Crippen molar-refractivity contribution in [3.63, 3.8) is 0 Å². The largest absolute Gasteiger partial charge is 0.103 e. The molecule has 0 radical (unpaired) electrons. The van der Waals surface area contributed by atoms with Crippen molar-refractivity contribution in [2.75, 3.05) is 0 Å². The van der Waals surface area contributed by atoms with Crippen LogP contribution in [-0.4, -0.2) is 0 Å². The first kappa shape index (κ1) is 20.6. The summed E-state index contributed by atoms with van der Waals surface area (Å²) < 4.78 is 0. The van der Waals surface area contributed by atoms with E-state index in [0.29, 0.717) is 11.8 Å². The third-order valence-electron chi connectivity index (χ3n) is 2.18. The Morgan fingerprint density at radius 1 is 0.875 bits per heavy atom. The normalized spacial score (nSPS) is 10.5. The standard InChI is InChI=1S/C7H14.C5H10.C4H8/c1-5-7(4)6(2)3;1-4-5(2)3;1-3-4-2/h5-7H,1H2,2-4H3;4-5H,1H2,2-3H3;3H,1,4H2,2H3/t7-;;/m1../s1. The lowest BCUT2D eigenvalue weighted by atomic mass is 9.99. The topological polar surface area (TPSA) is 0 Å². The zero-order chi connectivity index (χ0) is 13.6.